The predicted octanol–water partition coefficient (Wildman–Crippen LogP) is 2.73. The highest BCUT2D eigenvalue weighted by atomic mass is 16.2. The van der Waals surface area contributed by atoms with E-state index >= 15 is 0 Å². The normalized spacial score (nSPS) is 15.4. The van der Waals surface area contributed by atoms with Gasteiger partial charge in [-0.15, -0.1) is 0 Å². The Morgan fingerprint density at radius 3 is 2.44 bits per heavy atom. The van der Waals surface area contributed by atoms with Crippen LogP contribution in [0.2, 0.25) is 0 Å². The smallest absolute Gasteiger partial charge is 0.267 e. The number of amides is 1. The maximum Gasteiger partial charge on any atom is 0.267 e. The third kappa shape index (κ3) is 4.16. The van der Waals surface area contributed by atoms with Gasteiger partial charge in [-0.25, -0.2) is 4.68 Å². The van der Waals surface area contributed by atoms with E-state index < -0.39 is 0 Å². The molecule has 3 rings (SSSR count). The average Bonchev–Trinajstić information content (AvgIpc) is 2.64. The van der Waals surface area contributed by atoms with E-state index in [1.807, 2.05) is 17.0 Å². The van der Waals surface area contributed by atoms with E-state index in [1.54, 1.807) is 6.07 Å². The van der Waals surface area contributed by atoms with Crippen LogP contribution >= 0.6 is 0 Å². The summed E-state index contributed by atoms with van der Waals surface area (Å²) in [6.45, 7) is 5.87. The van der Waals surface area contributed by atoms with Crippen molar-refractivity contribution in [3.8, 4) is 11.3 Å². The van der Waals surface area contributed by atoms with Crippen LogP contribution < -0.4 is 5.56 Å². The van der Waals surface area contributed by atoms with Crippen LogP contribution in [0.4, 0.5) is 0 Å². The van der Waals surface area contributed by atoms with Crippen LogP contribution in [0.15, 0.2) is 41.2 Å². The van der Waals surface area contributed by atoms with Crippen molar-refractivity contribution < 1.29 is 4.79 Å². The fourth-order valence-electron chi connectivity index (χ4n) is 3.11. The van der Waals surface area contributed by atoms with Gasteiger partial charge in [-0.05, 0) is 36.8 Å². The molecule has 0 spiro atoms. The SMILES string of the molecule is CCc1ccc(-c2ccc(=O)n(CC(=O)N3CCC(C)CC3)n2)cc1. The first-order valence-electron chi connectivity index (χ1n) is 9.02. The minimum absolute atomic E-state index is 0.00803. The molecule has 0 atom stereocenters. The first kappa shape index (κ1) is 17.4. The summed E-state index contributed by atoms with van der Waals surface area (Å²) in [7, 11) is 0. The first-order chi connectivity index (χ1) is 12.1. The minimum Gasteiger partial charge on any atom is -0.341 e. The molecular formula is C20H25N3O2. The summed E-state index contributed by atoms with van der Waals surface area (Å²) < 4.78 is 1.28. The molecular weight excluding hydrogens is 314 g/mol. The second kappa shape index (κ2) is 7.64. The van der Waals surface area contributed by atoms with Gasteiger partial charge in [0.15, 0.2) is 0 Å². The second-order valence-corrected chi connectivity index (χ2v) is 6.83. The first-order valence-corrected chi connectivity index (χ1v) is 9.02. The molecule has 5 heteroatoms. The van der Waals surface area contributed by atoms with Gasteiger partial charge in [-0.2, -0.15) is 5.10 Å². The predicted molar refractivity (Wildman–Crippen MR) is 98.3 cm³/mol. The summed E-state index contributed by atoms with van der Waals surface area (Å²) >= 11 is 0. The van der Waals surface area contributed by atoms with Crippen LogP contribution in [-0.4, -0.2) is 33.7 Å². The lowest BCUT2D eigenvalue weighted by atomic mass is 9.99. The van der Waals surface area contributed by atoms with E-state index in [4.69, 9.17) is 0 Å². The molecule has 25 heavy (non-hydrogen) atoms. The summed E-state index contributed by atoms with van der Waals surface area (Å²) in [6.07, 6.45) is 3.03. The van der Waals surface area contributed by atoms with Gasteiger partial charge >= 0.3 is 0 Å². The van der Waals surface area contributed by atoms with E-state index in [0.717, 1.165) is 37.9 Å². The fourth-order valence-corrected chi connectivity index (χ4v) is 3.11. The largest absolute Gasteiger partial charge is 0.341 e. The van der Waals surface area contributed by atoms with Crippen molar-refractivity contribution in [3.05, 3.63) is 52.3 Å². The molecule has 1 fully saturated rings. The molecule has 0 unspecified atom stereocenters. The third-order valence-electron chi connectivity index (χ3n) is 4.95. The summed E-state index contributed by atoms with van der Waals surface area (Å²) in [5.41, 5.74) is 2.67. The summed E-state index contributed by atoms with van der Waals surface area (Å²) in [6, 6.07) is 11.3. The highest BCUT2D eigenvalue weighted by Gasteiger charge is 2.21. The molecule has 0 radical (unpaired) electrons. The number of carbonyl (C=O) groups excluding carboxylic acids is 1. The van der Waals surface area contributed by atoms with Gasteiger partial charge in [0.2, 0.25) is 5.91 Å². The van der Waals surface area contributed by atoms with E-state index in [2.05, 4.69) is 31.1 Å². The van der Waals surface area contributed by atoms with Crippen molar-refractivity contribution in [2.75, 3.05) is 13.1 Å². The van der Waals surface area contributed by atoms with Gasteiger partial charge in [0, 0.05) is 24.7 Å². The number of hydrogen-bond donors (Lipinski definition) is 0. The molecule has 1 aliphatic heterocycles. The zero-order valence-corrected chi connectivity index (χ0v) is 14.9. The molecule has 2 aromatic rings. The van der Waals surface area contributed by atoms with Crippen molar-refractivity contribution in [3.63, 3.8) is 0 Å². The Hall–Kier alpha value is -2.43. The number of likely N-dealkylation sites (tertiary alicyclic amines) is 1. The molecule has 2 heterocycles. The molecule has 132 valence electrons. The molecule has 0 bridgehead atoms. The van der Waals surface area contributed by atoms with Crippen LogP contribution in [0.5, 0.6) is 0 Å². The van der Waals surface area contributed by atoms with Crippen LogP contribution in [0.1, 0.15) is 32.3 Å². The molecule has 0 N–H and O–H groups in total. The molecule has 1 aromatic carbocycles. The van der Waals surface area contributed by atoms with Crippen LogP contribution in [0.3, 0.4) is 0 Å². The van der Waals surface area contributed by atoms with Crippen molar-refractivity contribution in [1.29, 1.82) is 0 Å². The van der Waals surface area contributed by atoms with Gasteiger partial charge in [-0.1, -0.05) is 38.1 Å². The highest BCUT2D eigenvalue weighted by molar-refractivity contribution is 5.76. The number of benzene rings is 1. The Bertz CT molecular complexity index is 787. The van der Waals surface area contributed by atoms with Gasteiger partial charge in [0.05, 0.1) is 5.69 Å². The zero-order valence-electron chi connectivity index (χ0n) is 14.9. The van der Waals surface area contributed by atoms with Crippen LogP contribution in [0.25, 0.3) is 11.3 Å². The van der Waals surface area contributed by atoms with Gasteiger partial charge in [-0.3, -0.25) is 9.59 Å². The molecule has 1 aromatic heterocycles. The molecule has 1 aliphatic rings. The number of nitrogens with zero attached hydrogens (tertiary/aromatic N) is 3. The molecule has 1 saturated heterocycles. The standard InChI is InChI=1S/C20H25N3O2/c1-3-16-4-6-17(7-5-16)18-8-9-19(24)23(21-18)14-20(25)22-12-10-15(2)11-13-22/h4-9,15H,3,10-14H2,1-2H3. The Morgan fingerprint density at radius 1 is 1.12 bits per heavy atom. The lowest BCUT2D eigenvalue weighted by Gasteiger charge is -2.30. The van der Waals surface area contributed by atoms with E-state index in [9.17, 15) is 9.59 Å². The Balaban J connectivity index is 1.77. The second-order valence-electron chi connectivity index (χ2n) is 6.83. The summed E-state index contributed by atoms with van der Waals surface area (Å²) in [5.74, 6) is 0.638. The van der Waals surface area contributed by atoms with Gasteiger partial charge in [0.25, 0.3) is 5.56 Å². The highest BCUT2D eigenvalue weighted by Crippen LogP contribution is 2.18. The van der Waals surface area contributed by atoms with E-state index in [-0.39, 0.29) is 18.0 Å². The van der Waals surface area contributed by atoms with Crippen LogP contribution in [-0.2, 0) is 17.8 Å². The van der Waals surface area contributed by atoms with Crippen molar-refractivity contribution in [2.24, 2.45) is 5.92 Å². The summed E-state index contributed by atoms with van der Waals surface area (Å²) in [4.78, 5) is 26.4. The average molecular weight is 339 g/mol. The Morgan fingerprint density at radius 2 is 1.80 bits per heavy atom. The Kier molecular flexibility index (Phi) is 5.31. The molecule has 5 nitrogen and oxygen atoms in total. The summed E-state index contributed by atoms with van der Waals surface area (Å²) in [5, 5.41) is 4.40. The van der Waals surface area contributed by atoms with Crippen molar-refractivity contribution in [2.45, 2.75) is 39.7 Å². The lowest BCUT2D eigenvalue weighted by molar-refractivity contribution is -0.133. The van der Waals surface area contributed by atoms with E-state index in [0.29, 0.717) is 11.6 Å². The number of rotatable bonds is 4. The number of piperidine rings is 1. The number of carbonyl (C=O) groups is 1. The van der Waals surface area contributed by atoms with Gasteiger partial charge in [0.1, 0.15) is 6.54 Å². The number of hydrogen-bond acceptors (Lipinski definition) is 3. The molecule has 1 amide bonds. The number of aryl methyl sites for hydroxylation is 1. The monoisotopic (exact) mass is 339 g/mol. The quantitative estimate of drug-likeness (QED) is 0.861. The van der Waals surface area contributed by atoms with E-state index in [1.165, 1.54) is 16.3 Å². The van der Waals surface area contributed by atoms with Crippen molar-refractivity contribution >= 4 is 5.91 Å². The zero-order chi connectivity index (χ0) is 17.8. The lowest BCUT2D eigenvalue weighted by Crippen LogP contribution is -2.41. The topological polar surface area (TPSA) is 55.2 Å². The fraction of sp³-hybridized carbons (Fsp3) is 0.450. The molecule has 0 saturated carbocycles. The molecule has 0 aliphatic carbocycles. The maximum absolute atomic E-state index is 12.5. The van der Waals surface area contributed by atoms with Crippen molar-refractivity contribution in [1.82, 2.24) is 14.7 Å². The van der Waals surface area contributed by atoms with Gasteiger partial charge < -0.3 is 4.90 Å². The van der Waals surface area contributed by atoms with Crippen LogP contribution in [0, 0.1) is 5.92 Å². The number of aromatic nitrogens is 2. The maximum atomic E-state index is 12.5. The third-order valence-corrected chi connectivity index (χ3v) is 4.95. The Labute approximate surface area is 148 Å². The minimum atomic E-state index is -0.243.